The largest absolute Gasteiger partial charge is 0.493 e. The van der Waals surface area contributed by atoms with Crippen molar-refractivity contribution in [3.05, 3.63) is 53.6 Å². The van der Waals surface area contributed by atoms with Crippen LogP contribution in [0.5, 0.6) is 17.2 Å². The summed E-state index contributed by atoms with van der Waals surface area (Å²) in [5.41, 5.74) is 3.94. The number of rotatable bonds is 9. The van der Waals surface area contributed by atoms with E-state index in [4.69, 9.17) is 14.2 Å². The van der Waals surface area contributed by atoms with Crippen molar-refractivity contribution in [2.24, 2.45) is 5.10 Å². The maximum atomic E-state index is 12.1. The fourth-order valence-electron chi connectivity index (χ4n) is 2.28. The molecule has 0 atom stereocenters. The van der Waals surface area contributed by atoms with Crippen molar-refractivity contribution >= 4 is 18.1 Å². The molecule has 0 heterocycles. The van der Waals surface area contributed by atoms with E-state index in [-0.39, 0.29) is 18.9 Å². The maximum absolute atomic E-state index is 12.1. The summed E-state index contributed by atoms with van der Waals surface area (Å²) in [5.74, 6) is 0.896. The van der Waals surface area contributed by atoms with E-state index < -0.39 is 5.97 Å². The SMILES string of the molecule is COC(=O)COc1cccc(C=NNC(=O)Cc2ccc(OC)c(OC)c2)c1. The lowest BCUT2D eigenvalue weighted by molar-refractivity contribution is -0.142. The summed E-state index contributed by atoms with van der Waals surface area (Å²) in [5, 5.41) is 3.94. The van der Waals surface area contributed by atoms with Crippen LogP contribution in [0, 0.1) is 0 Å². The van der Waals surface area contributed by atoms with Crippen LogP contribution < -0.4 is 19.6 Å². The van der Waals surface area contributed by atoms with Gasteiger partial charge in [0, 0.05) is 0 Å². The number of methoxy groups -OCH3 is 3. The average Bonchev–Trinajstić information content (AvgIpc) is 2.72. The first-order valence-electron chi connectivity index (χ1n) is 8.38. The summed E-state index contributed by atoms with van der Waals surface area (Å²) in [6.07, 6.45) is 1.62. The minimum atomic E-state index is -0.471. The molecule has 8 heteroatoms. The normalized spacial score (nSPS) is 10.4. The number of benzene rings is 2. The number of ether oxygens (including phenoxy) is 4. The lowest BCUT2D eigenvalue weighted by Crippen LogP contribution is -2.19. The molecule has 1 amide bonds. The van der Waals surface area contributed by atoms with Crippen molar-refractivity contribution in [3.63, 3.8) is 0 Å². The molecule has 0 aliphatic heterocycles. The first-order valence-corrected chi connectivity index (χ1v) is 8.38. The zero-order valence-electron chi connectivity index (χ0n) is 15.9. The van der Waals surface area contributed by atoms with E-state index in [1.165, 1.54) is 20.4 Å². The fourth-order valence-corrected chi connectivity index (χ4v) is 2.28. The molecule has 0 bridgehead atoms. The maximum Gasteiger partial charge on any atom is 0.343 e. The number of carbonyl (C=O) groups is 2. The monoisotopic (exact) mass is 386 g/mol. The molecule has 0 saturated heterocycles. The zero-order valence-corrected chi connectivity index (χ0v) is 15.9. The highest BCUT2D eigenvalue weighted by atomic mass is 16.6. The van der Waals surface area contributed by atoms with Gasteiger partial charge in [-0.2, -0.15) is 5.10 Å². The first kappa shape index (κ1) is 20.8. The fraction of sp³-hybridized carbons (Fsp3) is 0.250. The van der Waals surface area contributed by atoms with E-state index in [0.29, 0.717) is 22.8 Å². The zero-order chi connectivity index (χ0) is 20.4. The highest BCUT2D eigenvalue weighted by Crippen LogP contribution is 2.27. The van der Waals surface area contributed by atoms with Gasteiger partial charge in [-0.1, -0.05) is 18.2 Å². The van der Waals surface area contributed by atoms with Crippen LogP contribution in [0.25, 0.3) is 0 Å². The van der Waals surface area contributed by atoms with Crippen molar-refractivity contribution in [2.45, 2.75) is 6.42 Å². The third kappa shape index (κ3) is 6.31. The average molecular weight is 386 g/mol. The topological polar surface area (TPSA) is 95.5 Å². The molecule has 1 N–H and O–H groups in total. The summed E-state index contributed by atoms with van der Waals surface area (Å²) >= 11 is 0. The third-order valence-electron chi connectivity index (χ3n) is 3.66. The number of hydrogen-bond donors (Lipinski definition) is 1. The Kier molecular flexibility index (Phi) is 7.83. The van der Waals surface area contributed by atoms with Crippen LogP contribution in [0.1, 0.15) is 11.1 Å². The minimum Gasteiger partial charge on any atom is -0.493 e. The van der Waals surface area contributed by atoms with Crippen LogP contribution in [-0.4, -0.2) is 46.0 Å². The summed E-state index contributed by atoms with van der Waals surface area (Å²) in [6.45, 7) is -0.181. The Morgan fingerprint density at radius 1 is 1.04 bits per heavy atom. The predicted octanol–water partition coefficient (Wildman–Crippen LogP) is 1.95. The van der Waals surface area contributed by atoms with Gasteiger partial charge in [-0.05, 0) is 35.4 Å². The van der Waals surface area contributed by atoms with Crippen LogP contribution in [0.3, 0.4) is 0 Å². The molecular formula is C20H22N2O6. The van der Waals surface area contributed by atoms with E-state index in [1.807, 2.05) is 0 Å². The van der Waals surface area contributed by atoms with Crippen molar-refractivity contribution in [1.82, 2.24) is 5.43 Å². The van der Waals surface area contributed by atoms with Gasteiger partial charge in [-0.25, -0.2) is 10.2 Å². The Hall–Kier alpha value is -3.55. The Morgan fingerprint density at radius 2 is 1.82 bits per heavy atom. The minimum absolute atomic E-state index is 0.139. The van der Waals surface area contributed by atoms with Gasteiger partial charge in [0.2, 0.25) is 5.91 Å². The molecule has 148 valence electrons. The molecule has 2 aromatic rings. The molecule has 0 aromatic heterocycles. The Labute approximate surface area is 163 Å². The number of esters is 1. The summed E-state index contributed by atoms with van der Waals surface area (Å²) in [7, 11) is 4.38. The van der Waals surface area contributed by atoms with Crippen LogP contribution in [0.4, 0.5) is 0 Å². The number of hydrazone groups is 1. The number of amides is 1. The van der Waals surface area contributed by atoms with Crippen LogP contribution in [0.2, 0.25) is 0 Å². The van der Waals surface area contributed by atoms with Crippen molar-refractivity contribution in [1.29, 1.82) is 0 Å². The number of nitrogens with one attached hydrogen (secondary N) is 1. The summed E-state index contributed by atoms with van der Waals surface area (Å²) in [4.78, 5) is 23.2. The second kappa shape index (κ2) is 10.6. The van der Waals surface area contributed by atoms with E-state index in [0.717, 1.165) is 5.56 Å². The molecule has 0 aliphatic carbocycles. The Morgan fingerprint density at radius 3 is 2.54 bits per heavy atom. The van der Waals surface area contributed by atoms with Gasteiger partial charge in [-0.3, -0.25) is 4.79 Å². The second-order valence-corrected chi connectivity index (χ2v) is 5.60. The van der Waals surface area contributed by atoms with Gasteiger partial charge in [0.25, 0.3) is 0 Å². The second-order valence-electron chi connectivity index (χ2n) is 5.60. The molecular weight excluding hydrogens is 364 g/mol. The lowest BCUT2D eigenvalue weighted by atomic mass is 10.1. The van der Waals surface area contributed by atoms with Gasteiger partial charge in [0.15, 0.2) is 18.1 Å². The van der Waals surface area contributed by atoms with Crippen LogP contribution in [0.15, 0.2) is 47.6 Å². The van der Waals surface area contributed by atoms with Gasteiger partial charge in [0.05, 0.1) is 34.0 Å². The van der Waals surface area contributed by atoms with E-state index >= 15 is 0 Å². The Bertz CT molecular complexity index is 850. The number of carbonyl (C=O) groups excluding carboxylic acids is 2. The summed E-state index contributed by atoms with van der Waals surface area (Å²) < 4.78 is 20.2. The predicted molar refractivity (Wildman–Crippen MR) is 103 cm³/mol. The number of nitrogens with zero attached hydrogens (tertiary/aromatic N) is 1. The quantitative estimate of drug-likeness (QED) is 0.402. The molecule has 28 heavy (non-hydrogen) atoms. The van der Waals surface area contributed by atoms with Crippen molar-refractivity contribution in [3.8, 4) is 17.2 Å². The van der Waals surface area contributed by atoms with E-state index in [9.17, 15) is 9.59 Å². The number of hydrogen-bond acceptors (Lipinski definition) is 7. The molecule has 2 rings (SSSR count). The Balaban J connectivity index is 1.90. The van der Waals surface area contributed by atoms with Crippen LogP contribution in [-0.2, 0) is 20.7 Å². The van der Waals surface area contributed by atoms with Crippen LogP contribution >= 0.6 is 0 Å². The molecule has 8 nitrogen and oxygen atoms in total. The first-order chi connectivity index (χ1) is 13.5. The molecule has 0 aliphatic rings. The molecule has 2 aromatic carbocycles. The van der Waals surface area contributed by atoms with Gasteiger partial charge in [0.1, 0.15) is 5.75 Å². The molecule has 0 unspecified atom stereocenters. The third-order valence-corrected chi connectivity index (χ3v) is 3.66. The molecule has 0 fully saturated rings. The smallest absolute Gasteiger partial charge is 0.343 e. The van der Waals surface area contributed by atoms with E-state index in [1.54, 1.807) is 49.6 Å². The van der Waals surface area contributed by atoms with Crippen molar-refractivity contribution in [2.75, 3.05) is 27.9 Å². The van der Waals surface area contributed by atoms with Gasteiger partial charge >= 0.3 is 5.97 Å². The lowest BCUT2D eigenvalue weighted by Gasteiger charge is -2.09. The summed E-state index contributed by atoms with van der Waals surface area (Å²) in [6, 6.07) is 12.2. The highest BCUT2D eigenvalue weighted by molar-refractivity contribution is 5.83. The van der Waals surface area contributed by atoms with Gasteiger partial charge < -0.3 is 18.9 Å². The van der Waals surface area contributed by atoms with Gasteiger partial charge in [-0.15, -0.1) is 0 Å². The van der Waals surface area contributed by atoms with E-state index in [2.05, 4.69) is 15.3 Å². The molecule has 0 radical (unpaired) electrons. The van der Waals surface area contributed by atoms with Crippen molar-refractivity contribution < 1.29 is 28.5 Å². The highest BCUT2D eigenvalue weighted by Gasteiger charge is 2.08. The molecule has 0 spiro atoms. The molecule has 0 saturated carbocycles. The standard InChI is InChI=1S/C20H22N2O6/c1-25-17-8-7-14(10-18(17)26-2)11-19(23)22-21-12-15-5-4-6-16(9-15)28-13-20(24)27-3/h4-10,12H,11,13H2,1-3H3,(H,22,23).